The fourth-order valence-electron chi connectivity index (χ4n) is 6.73. The van der Waals surface area contributed by atoms with E-state index in [1.54, 1.807) is 6.92 Å². The van der Waals surface area contributed by atoms with Gasteiger partial charge in [-0.3, -0.25) is 0 Å². The zero-order valence-corrected chi connectivity index (χ0v) is 17.9. The summed E-state index contributed by atoms with van der Waals surface area (Å²) in [5, 5.41) is 0. The Bertz CT molecular complexity index is 586. The first-order valence-corrected chi connectivity index (χ1v) is 11.5. The quantitative estimate of drug-likeness (QED) is 0.287. The van der Waals surface area contributed by atoms with Crippen molar-refractivity contribution in [2.45, 2.75) is 108 Å². The Labute approximate surface area is 170 Å². The molecule has 5 aliphatic rings. The molecule has 0 aromatic carbocycles. The highest BCUT2D eigenvalue weighted by Gasteiger charge is 2.60. The van der Waals surface area contributed by atoms with Gasteiger partial charge < -0.3 is 14.2 Å². The van der Waals surface area contributed by atoms with Crippen molar-refractivity contribution in [3.8, 4) is 0 Å². The maximum atomic E-state index is 12.2. The first kappa shape index (κ1) is 20.4. The molecule has 158 valence electrons. The summed E-state index contributed by atoms with van der Waals surface area (Å²) in [4.78, 5) is 12.2. The van der Waals surface area contributed by atoms with Crippen LogP contribution in [0.2, 0.25) is 0 Å². The average Bonchev–Trinajstić information content (AvgIpc) is 2.58. The van der Waals surface area contributed by atoms with Crippen LogP contribution in [0.25, 0.3) is 0 Å². The monoisotopic (exact) mass is 390 g/mol. The number of rotatable bonds is 10. The van der Waals surface area contributed by atoms with E-state index in [9.17, 15) is 4.79 Å². The molecule has 3 unspecified atom stereocenters. The predicted molar refractivity (Wildman–Crippen MR) is 109 cm³/mol. The molecule has 0 radical (unpaired) electrons. The normalized spacial score (nSPS) is 40.9. The first-order valence-electron chi connectivity index (χ1n) is 11.5. The van der Waals surface area contributed by atoms with Crippen LogP contribution in [-0.2, 0) is 19.0 Å². The minimum absolute atomic E-state index is 0.0544. The average molecular weight is 391 g/mol. The van der Waals surface area contributed by atoms with Crippen molar-refractivity contribution in [2.75, 3.05) is 13.2 Å². The van der Waals surface area contributed by atoms with E-state index in [1.165, 1.54) is 32.1 Å². The van der Waals surface area contributed by atoms with E-state index in [2.05, 4.69) is 13.5 Å². The third-order valence-electron chi connectivity index (χ3n) is 7.91. The second-order valence-corrected chi connectivity index (χ2v) is 10.3. The Kier molecular flexibility index (Phi) is 5.65. The fraction of sp³-hybridized carbons (Fsp3) is 0.875. The smallest absolute Gasteiger partial charge is 0.333 e. The van der Waals surface area contributed by atoms with E-state index in [1.807, 2.05) is 0 Å². The highest BCUT2D eigenvalue weighted by atomic mass is 16.6. The Hall–Kier alpha value is -0.870. The molecular weight excluding hydrogens is 352 g/mol. The summed E-state index contributed by atoms with van der Waals surface area (Å²) in [6.07, 6.45) is 13.7. The predicted octanol–water partition coefficient (Wildman–Crippen LogP) is 5.34. The van der Waals surface area contributed by atoms with Crippen LogP contribution in [-0.4, -0.2) is 36.0 Å². The third kappa shape index (κ3) is 4.05. The molecule has 1 saturated heterocycles. The van der Waals surface area contributed by atoms with Crippen molar-refractivity contribution in [1.82, 2.24) is 0 Å². The van der Waals surface area contributed by atoms with E-state index < -0.39 is 0 Å². The Morgan fingerprint density at radius 1 is 1.11 bits per heavy atom. The summed E-state index contributed by atoms with van der Waals surface area (Å²) in [6.45, 7) is 9.53. The lowest BCUT2D eigenvalue weighted by atomic mass is 9.52. The van der Waals surface area contributed by atoms with Gasteiger partial charge in [-0.05, 0) is 76.5 Å². The van der Waals surface area contributed by atoms with Crippen LogP contribution < -0.4 is 0 Å². The van der Waals surface area contributed by atoms with Crippen LogP contribution in [0.15, 0.2) is 12.2 Å². The Balaban J connectivity index is 1.26. The first-order chi connectivity index (χ1) is 13.4. The molecule has 4 aliphatic carbocycles. The molecule has 5 fully saturated rings. The van der Waals surface area contributed by atoms with Gasteiger partial charge in [-0.25, -0.2) is 4.79 Å². The largest absolute Gasteiger partial charge is 0.456 e. The van der Waals surface area contributed by atoms with Gasteiger partial charge in [-0.1, -0.05) is 26.3 Å². The van der Waals surface area contributed by atoms with E-state index >= 15 is 0 Å². The lowest BCUT2D eigenvalue weighted by Crippen LogP contribution is -2.61. The minimum Gasteiger partial charge on any atom is -0.456 e. The van der Waals surface area contributed by atoms with Crippen molar-refractivity contribution in [1.29, 1.82) is 0 Å². The lowest BCUT2D eigenvalue weighted by molar-refractivity contribution is -0.232. The van der Waals surface area contributed by atoms with Gasteiger partial charge in [0, 0.05) is 18.6 Å². The highest BCUT2D eigenvalue weighted by Crippen LogP contribution is 2.60. The molecule has 0 N–H and O–H groups in total. The molecule has 4 saturated carbocycles. The number of carbonyl (C=O) groups excluding carboxylic acids is 1. The molecule has 4 nitrogen and oxygen atoms in total. The molecule has 0 amide bonds. The Morgan fingerprint density at radius 2 is 1.79 bits per heavy atom. The third-order valence-corrected chi connectivity index (χ3v) is 7.91. The molecule has 3 atom stereocenters. The van der Waals surface area contributed by atoms with E-state index in [0.717, 1.165) is 58.2 Å². The number of carbonyl (C=O) groups is 1. The fourth-order valence-corrected chi connectivity index (χ4v) is 6.73. The van der Waals surface area contributed by atoms with Crippen LogP contribution >= 0.6 is 0 Å². The number of esters is 1. The number of ether oxygens (including phenoxy) is 3. The lowest BCUT2D eigenvalue weighted by Gasteiger charge is -2.60. The van der Waals surface area contributed by atoms with Crippen molar-refractivity contribution < 1.29 is 19.0 Å². The summed E-state index contributed by atoms with van der Waals surface area (Å²) < 4.78 is 18.4. The summed E-state index contributed by atoms with van der Waals surface area (Å²) >= 11 is 0. The van der Waals surface area contributed by atoms with Crippen molar-refractivity contribution in [3.05, 3.63) is 12.2 Å². The van der Waals surface area contributed by atoms with E-state index in [-0.39, 0.29) is 22.8 Å². The van der Waals surface area contributed by atoms with Crippen molar-refractivity contribution in [2.24, 2.45) is 11.8 Å². The standard InChI is InChI=1S/C24H38O4/c1-4-22(9-11-27-22)8-6-5-7-10-26-23-13-19-12-20(14-23)16-24(15-19,17-23)28-21(25)18(2)3/h19-20H,2,4-17H2,1,3H3. The minimum atomic E-state index is -0.296. The van der Waals surface area contributed by atoms with Gasteiger partial charge in [0.2, 0.25) is 0 Å². The van der Waals surface area contributed by atoms with Gasteiger partial charge >= 0.3 is 5.97 Å². The number of hydrogen-bond donors (Lipinski definition) is 0. The van der Waals surface area contributed by atoms with Crippen LogP contribution in [0.3, 0.4) is 0 Å². The molecule has 28 heavy (non-hydrogen) atoms. The molecule has 0 aromatic heterocycles. The van der Waals surface area contributed by atoms with Gasteiger partial charge in [0.15, 0.2) is 0 Å². The molecule has 1 aliphatic heterocycles. The molecule has 0 aromatic rings. The molecule has 0 spiro atoms. The summed E-state index contributed by atoms with van der Waals surface area (Å²) in [7, 11) is 0. The van der Waals surface area contributed by atoms with E-state index in [4.69, 9.17) is 14.2 Å². The summed E-state index contributed by atoms with van der Waals surface area (Å²) in [5.74, 6) is 1.08. The zero-order valence-electron chi connectivity index (χ0n) is 17.9. The van der Waals surface area contributed by atoms with Crippen LogP contribution in [0.5, 0.6) is 0 Å². The molecular formula is C24H38O4. The number of unbranched alkanes of at least 4 members (excludes halogenated alkanes) is 2. The van der Waals surface area contributed by atoms with Gasteiger partial charge in [-0.2, -0.15) is 0 Å². The maximum absolute atomic E-state index is 12.2. The SMILES string of the molecule is C=C(C)C(=O)OC12CC3CC(CC(OCCCCCC4(CC)CCO4)(C3)C1)C2. The van der Waals surface area contributed by atoms with Crippen LogP contribution in [0, 0.1) is 11.8 Å². The van der Waals surface area contributed by atoms with Crippen LogP contribution in [0.4, 0.5) is 0 Å². The molecule has 5 rings (SSSR count). The van der Waals surface area contributed by atoms with Crippen molar-refractivity contribution in [3.63, 3.8) is 0 Å². The topological polar surface area (TPSA) is 44.8 Å². The Morgan fingerprint density at radius 3 is 2.36 bits per heavy atom. The summed E-state index contributed by atoms with van der Waals surface area (Å²) in [5.41, 5.74) is 0.349. The van der Waals surface area contributed by atoms with Crippen LogP contribution in [0.1, 0.15) is 90.9 Å². The maximum Gasteiger partial charge on any atom is 0.333 e. The van der Waals surface area contributed by atoms with Gasteiger partial charge in [0.1, 0.15) is 5.60 Å². The second-order valence-electron chi connectivity index (χ2n) is 10.3. The molecule has 4 heteroatoms. The molecule has 4 bridgehead atoms. The number of hydrogen-bond acceptors (Lipinski definition) is 4. The highest BCUT2D eigenvalue weighted by molar-refractivity contribution is 5.87. The molecule has 1 heterocycles. The summed E-state index contributed by atoms with van der Waals surface area (Å²) in [6, 6.07) is 0. The van der Waals surface area contributed by atoms with Gasteiger partial charge in [0.05, 0.1) is 17.8 Å². The zero-order chi connectivity index (χ0) is 19.8. The van der Waals surface area contributed by atoms with Gasteiger partial charge in [0.25, 0.3) is 0 Å². The second kappa shape index (κ2) is 7.75. The van der Waals surface area contributed by atoms with E-state index in [0.29, 0.717) is 17.4 Å². The van der Waals surface area contributed by atoms with Crippen molar-refractivity contribution >= 4 is 5.97 Å². The van der Waals surface area contributed by atoms with Gasteiger partial charge in [-0.15, -0.1) is 0 Å².